The average molecular weight is 278 g/mol. The number of aryl methyl sites for hydroxylation is 5. The third-order valence-corrected chi connectivity index (χ3v) is 4.21. The summed E-state index contributed by atoms with van der Waals surface area (Å²) in [7, 11) is 0. The molecule has 0 bridgehead atoms. The molecule has 0 aliphatic rings. The van der Waals surface area contributed by atoms with Crippen LogP contribution in [0.5, 0.6) is 0 Å². The first-order valence-electron chi connectivity index (χ1n) is 7.85. The van der Waals surface area contributed by atoms with Crippen molar-refractivity contribution in [1.29, 1.82) is 0 Å². The molecular formula is C21H26. The largest absolute Gasteiger partial charge is 0.0955 e. The van der Waals surface area contributed by atoms with E-state index in [9.17, 15) is 0 Å². The summed E-state index contributed by atoms with van der Waals surface area (Å²) in [6.07, 6.45) is 3.25. The van der Waals surface area contributed by atoms with E-state index in [0.717, 1.165) is 19.3 Å². The monoisotopic (exact) mass is 278 g/mol. The molecule has 0 unspecified atom stereocenters. The van der Waals surface area contributed by atoms with Crippen LogP contribution in [0.2, 0.25) is 0 Å². The Morgan fingerprint density at radius 3 is 2.29 bits per heavy atom. The fourth-order valence-electron chi connectivity index (χ4n) is 3.04. The van der Waals surface area contributed by atoms with E-state index in [0.29, 0.717) is 0 Å². The summed E-state index contributed by atoms with van der Waals surface area (Å²) in [4.78, 5) is 0. The third kappa shape index (κ3) is 3.64. The highest BCUT2D eigenvalue weighted by atomic mass is 14.1. The molecule has 0 amide bonds. The minimum absolute atomic E-state index is 1.07. The Balaban J connectivity index is 2.28. The second-order valence-electron chi connectivity index (χ2n) is 6.02. The maximum Gasteiger partial charge on any atom is -0.0169 e. The van der Waals surface area contributed by atoms with Gasteiger partial charge in [0, 0.05) is 0 Å². The minimum atomic E-state index is 1.07. The van der Waals surface area contributed by atoms with Crippen LogP contribution in [0.3, 0.4) is 0 Å². The van der Waals surface area contributed by atoms with Gasteiger partial charge >= 0.3 is 0 Å². The molecule has 0 radical (unpaired) electrons. The van der Waals surface area contributed by atoms with E-state index in [1.807, 2.05) is 0 Å². The summed E-state index contributed by atoms with van der Waals surface area (Å²) in [5, 5.41) is 0. The zero-order chi connectivity index (χ0) is 15.4. The van der Waals surface area contributed by atoms with Crippen LogP contribution in [0.1, 0.15) is 47.2 Å². The quantitative estimate of drug-likeness (QED) is 0.659. The van der Waals surface area contributed by atoms with Gasteiger partial charge in [0.25, 0.3) is 0 Å². The maximum absolute atomic E-state index is 4.18. The molecule has 0 heterocycles. The minimum Gasteiger partial charge on any atom is -0.0955 e. The Morgan fingerprint density at radius 2 is 1.62 bits per heavy atom. The molecule has 0 saturated heterocycles. The Hall–Kier alpha value is -1.82. The van der Waals surface area contributed by atoms with Crippen LogP contribution >= 0.6 is 0 Å². The van der Waals surface area contributed by atoms with Crippen molar-refractivity contribution in [2.24, 2.45) is 0 Å². The predicted molar refractivity (Wildman–Crippen MR) is 93.9 cm³/mol. The van der Waals surface area contributed by atoms with Crippen LogP contribution < -0.4 is 0 Å². The predicted octanol–water partition coefficient (Wildman–Crippen LogP) is 5.68. The summed E-state index contributed by atoms with van der Waals surface area (Å²) in [5.41, 5.74) is 9.61. The van der Waals surface area contributed by atoms with E-state index >= 15 is 0 Å². The Bertz CT molecular complexity index is 647. The van der Waals surface area contributed by atoms with Crippen LogP contribution in [-0.2, 0) is 19.3 Å². The SMILES string of the molecule is C=C(C)c1c(CC)cccc1CCc1cc(C)ccc1C. The van der Waals surface area contributed by atoms with E-state index in [1.54, 1.807) is 0 Å². The van der Waals surface area contributed by atoms with Gasteiger partial charge in [0.1, 0.15) is 0 Å². The van der Waals surface area contributed by atoms with Crippen molar-refractivity contribution >= 4 is 5.57 Å². The van der Waals surface area contributed by atoms with Crippen molar-refractivity contribution in [1.82, 2.24) is 0 Å². The first-order chi connectivity index (χ1) is 10.0. The summed E-state index contributed by atoms with van der Waals surface area (Å²) in [6, 6.07) is 13.4. The lowest BCUT2D eigenvalue weighted by atomic mass is 9.90. The highest BCUT2D eigenvalue weighted by Gasteiger charge is 2.09. The highest BCUT2D eigenvalue weighted by molar-refractivity contribution is 5.68. The topological polar surface area (TPSA) is 0 Å². The molecular weight excluding hydrogens is 252 g/mol. The van der Waals surface area contributed by atoms with E-state index < -0.39 is 0 Å². The zero-order valence-electron chi connectivity index (χ0n) is 13.8. The fraction of sp³-hybridized carbons (Fsp3) is 0.333. The van der Waals surface area contributed by atoms with Gasteiger partial charge in [-0.05, 0) is 67.9 Å². The zero-order valence-corrected chi connectivity index (χ0v) is 13.8. The Labute approximate surface area is 129 Å². The van der Waals surface area contributed by atoms with Crippen LogP contribution in [0.15, 0.2) is 43.0 Å². The Kier molecular flexibility index (Phi) is 5.01. The standard InChI is InChI=1S/C21H26/c1-6-18-8-7-9-19(21(18)15(2)3)12-13-20-14-16(4)10-11-17(20)5/h7-11,14H,2,6,12-13H2,1,3-5H3. The summed E-state index contributed by atoms with van der Waals surface area (Å²) in [6.45, 7) is 12.9. The second kappa shape index (κ2) is 6.76. The van der Waals surface area contributed by atoms with Crippen molar-refractivity contribution in [3.63, 3.8) is 0 Å². The first kappa shape index (κ1) is 15.6. The molecule has 0 saturated carbocycles. The van der Waals surface area contributed by atoms with Gasteiger partial charge < -0.3 is 0 Å². The van der Waals surface area contributed by atoms with Gasteiger partial charge in [-0.1, -0.05) is 61.0 Å². The van der Waals surface area contributed by atoms with Crippen molar-refractivity contribution in [3.05, 3.63) is 76.4 Å². The molecule has 21 heavy (non-hydrogen) atoms. The number of rotatable bonds is 5. The molecule has 0 aromatic heterocycles. The average Bonchev–Trinajstić information content (AvgIpc) is 2.47. The van der Waals surface area contributed by atoms with Crippen molar-refractivity contribution < 1.29 is 0 Å². The molecule has 2 aromatic rings. The molecule has 0 atom stereocenters. The molecule has 110 valence electrons. The molecule has 0 fully saturated rings. The van der Waals surface area contributed by atoms with Crippen LogP contribution in [-0.4, -0.2) is 0 Å². The van der Waals surface area contributed by atoms with Crippen molar-refractivity contribution in [3.8, 4) is 0 Å². The number of hydrogen-bond donors (Lipinski definition) is 0. The smallest absolute Gasteiger partial charge is 0.0169 e. The van der Waals surface area contributed by atoms with Gasteiger partial charge in [-0.15, -0.1) is 0 Å². The summed E-state index contributed by atoms with van der Waals surface area (Å²) in [5.74, 6) is 0. The van der Waals surface area contributed by atoms with Crippen LogP contribution in [0.25, 0.3) is 5.57 Å². The lowest BCUT2D eigenvalue weighted by Gasteiger charge is -2.15. The molecule has 0 heteroatoms. The number of benzene rings is 2. The molecule has 2 rings (SSSR count). The van der Waals surface area contributed by atoms with E-state index in [4.69, 9.17) is 0 Å². The van der Waals surface area contributed by atoms with Crippen LogP contribution in [0.4, 0.5) is 0 Å². The molecule has 0 aliphatic heterocycles. The third-order valence-electron chi connectivity index (χ3n) is 4.21. The summed E-state index contributed by atoms with van der Waals surface area (Å²) < 4.78 is 0. The van der Waals surface area contributed by atoms with Gasteiger partial charge in [0.2, 0.25) is 0 Å². The summed E-state index contributed by atoms with van der Waals surface area (Å²) >= 11 is 0. The number of hydrogen-bond acceptors (Lipinski definition) is 0. The Morgan fingerprint density at radius 1 is 0.952 bits per heavy atom. The van der Waals surface area contributed by atoms with Crippen molar-refractivity contribution in [2.75, 3.05) is 0 Å². The van der Waals surface area contributed by atoms with Gasteiger partial charge in [-0.3, -0.25) is 0 Å². The fourth-order valence-corrected chi connectivity index (χ4v) is 3.04. The number of allylic oxidation sites excluding steroid dienone is 1. The molecule has 0 aliphatic carbocycles. The molecule has 2 aromatic carbocycles. The van der Waals surface area contributed by atoms with Gasteiger partial charge in [0.15, 0.2) is 0 Å². The van der Waals surface area contributed by atoms with E-state index in [-0.39, 0.29) is 0 Å². The van der Waals surface area contributed by atoms with E-state index in [1.165, 1.54) is 39.0 Å². The van der Waals surface area contributed by atoms with Gasteiger partial charge in [0.05, 0.1) is 0 Å². The lowest BCUT2D eigenvalue weighted by Crippen LogP contribution is -2.01. The van der Waals surface area contributed by atoms with Gasteiger partial charge in [-0.25, -0.2) is 0 Å². The van der Waals surface area contributed by atoms with Crippen molar-refractivity contribution in [2.45, 2.75) is 47.0 Å². The highest BCUT2D eigenvalue weighted by Crippen LogP contribution is 2.25. The lowest BCUT2D eigenvalue weighted by molar-refractivity contribution is 0.936. The molecule has 0 N–H and O–H groups in total. The normalized spacial score (nSPS) is 10.7. The maximum atomic E-state index is 4.18. The van der Waals surface area contributed by atoms with E-state index in [2.05, 4.69) is 70.7 Å². The van der Waals surface area contributed by atoms with Crippen LogP contribution in [0, 0.1) is 13.8 Å². The molecule has 0 nitrogen and oxygen atoms in total. The molecule has 0 spiro atoms. The first-order valence-corrected chi connectivity index (χ1v) is 7.85. The van der Waals surface area contributed by atoms with Gasteiger partial charge in [-0.2, -0.15) is 0 Å². The second-order valence-corrected chi connectivity index (χ2v) is 6.02.